The normalized spacial score (nSPS) is 26.6. The van der Waals surface area contributed by atoms with Crippen molar-refractivity contribution in [3.63, 3.8) is 0 Å². The molecule has 164 valence electrons. The molecule has 32 heavy (non-hydrogen) atoms. The number of aromatic nitrogens is 5. The summed E-state index contributed by atoms with van der Waals surface area (Å²) < 4.78 is 26.7. The van der Waals surface area contributed by atoms with Gasteiger partial charge in [-0.25, -0.2) is 9.97 Å². The first-order valence-corrected chi connectivity index (χ1v) is 10.4. The first-order valence-electron chi connectivity index (χ1n) is 10.4. The molecule has 2 aliphatic rings. The molecule has 0 aliphatic carbocycles. The second kappa shape index (κ2) is 7.09. The van der Waals surface area contributed by atoms with Crippen LogP contribution in [0.15, 0.2) is 49.2 Å². The third-order valence-corrected chi connectivity index (χ3v) is 5.78. The minimum Gasteiger partial charge on any atom is -0.489 e. The Hall–Kier alpha value is -3.34. The van der Waals surface area contributed by atoms with E-state index in [2.05, 4.69) is 19.9 Å². The van der Waals surface area contributed by atoms with E-state index >= 15 is 0 Å². The Morgan fingerprint density at radius 2 is 1.97 bits per heavy atom. The van der Waals surface area contributed by atoms with Gasteiger partial charge in [0.1, 0.15) is 48.5 Å². The van der Waals surface area contributed by atoms with Crippen molar-refractivity contribution in [1.29, 1.82) is 0 Å². The molecular formula is C22H22N6O4. The molecule has 0 unspecified atom stereocenters. The summed E-state index contributed by atoms with van der Waals surface area (Å²) in [6.07, 6.45) is 5.29. The van der Waals surface area contributed by atoms with Gasteiger partial charge in [-0.3, -0.25) is 9.97 Å². The zero-order chi connectivity index (χ0) is 21.9. The summed E-state index contributed by atoms with van der Waals surface area (Å²) in [6, 6.07) is 7.50. The van der Waals surface area contributed by atoms with Gasteiger partial charge in [0.25, 0.3) is 0 Å². The highest BCUT2D eigenvalue weighted by Gasteiger charge is 2.56. The lowest BCUT2D eigenvalue weighted by atomic mass is 10.1. The second-order valence-corrected chi connectivity index (χ2v) is 8.37. The van der Waals surface area contributed by atoms with Crippen molar-refractivity contribution in [1.82, 2.24) is 24.5 Å². The van der Waals surface area contributed by atoms with Crippen LogP contribution in [0.25, 0.3) is 22.1 Å². The van der Waals surface area contributed by atoms with Crippen LogP contribution in [0.2, 0.25) is 0 Å². The van der Waals surface area contributed by atoms with Gasteiger partial charge in [-0.2, -0.15) is 0 Å². The molecule has 0 radical (unpaired) electrons. The summed E-state index contributed by atoms with van der Waals surface area (Å²) in [6.45, 7) is 4.06. The monoisotopic (exact) mass is 434 g/mol. The van der Waals surface area contributed by atoms with E-state index < -0.39 is 12.0 Å². The van der Waals surface area contributed by atoms with Gasteiger partial charge >= 0.3 is 0 Å². The number of fused-ring (bicyclic) bond motifs is 3. The smallest absolute Gasteiger partial charge is 0.164 e. The highest BCUT2D eigenvalue weighted by atomic mass is 16.8. The number of hydrogen-bond donors (Lipinski definition) is 1. The molecule has 2 aliphatic heterocycles. The van der Waals surface area contributed by atoms with Crippen LogP contribution in [-0.4, -0.2) is 55.2 Å². The van der Waals surface area contributed by atoms with Crippen molar-refractivity contribution >= 4 is 27.9 Å². The standard InChI is InChI=1S/C22H22N6O4/c1-22(2)31-17-16(10-29-12-8-15-14(25-9-12)4-3-6-24-15)30-21(18(17)32-22)28-7-5-13-19(23)26-11-27-20(13)28/h3-9,11,16-18,21H,10H2,1-2H3,(H2,23,26,27)/t16-,17-,18-,21-/m1/s1. The highest BCUT2D eigenvalue weighted by Crippen LogP contribution is 2.44. The van der Waals surface area contributed by atoms with Crippen LogP contribution in [-0.2, 0) is 14.2 Å². The molecule has 2 N–H and O–H groups in total. The van der Waals surface area contributed by atoms with Crippen molar-refractivity contribution in [3.05, 3.63) is 49.2 Å². The first kappa shape index (κ1) is 19.4. The number of pyridine rings is 2. The summed E-state index contributed by atoms with van der Waals surface area (Å²) in [4.78, 5) is 17.2. The van der Waals surface area contributed by atoms with Gasteiger partial charge in [0, 0.05) is 18.5 Å². The molecule has 0 spiro atoms. The van der Waals surface area contributed by atoms with E-state index in [1.807, 2.05) is 48.9 Å². The SMILES string of the molecule is CC1(C)O[C@@H]2[C@H](O1)[C@@H](COc1cnc3cccnc3c1)O[C@H]2n1ccc2c(N)ncnc21. The summed E-state index contributed by atoms with van der Waals surface area (Å²) in [5, 5.41) is 0.764. The number of rotatable bonds is 4. The summed E-state index contributed by atoms with van der Waals surface area (Å²) in [5.74, 6) is 0.301. The molecule has 4 aromatic heterocycles. The van der Waals surface area contributed by atoms with Crippen LogP contribution in [0.3, 0.4) is 0 Å². The molecule has 10 nitrogen and oxygen atoms in total. The Morgan fingerprint density at radius 3 is 2.88 bits per heavy atom. The van der Waals surface area contributed by atoms with Crippen molar-refractivity contribution in [2.75, 3.05) is 12.3 Å². The Labute approximate surface area is 183 Å². The van der Waals surface area contributed by atoms with Gasteiger partial charge in [0.05, 0.1) is 22.6 Å². The summed E-state index contributed by atoms with van der Waals surface area (Å²) in [5.41, 5.74) is 8.27. The predicted molar refractivity (Wildman–Crippen MR) is 115 cm³/mol. The molecule has 4 atom stereocenters. The van der Waals surface area contributed by atoms with E-state index in [1.54, 1.807) is 12.4 Å². The molecule has 6 heterocycles. The molecule has 4 aromatic rings. The Morgan fingerprint density at radius 1 is 1.09 bits per heavy atom. The summed E-state index contributed by atoms with van der Waals surface area (Å²) in [7, 11) is 0. The fourth-order valence-corrected chi connectivity index (χ4v) is 4.40. The number of nitrogens with two attached hydrogens (primary N) is 1. The van der Waals surface area contributed by atoms with E-state index in [0.717, 1.165) is 16.4 Å². The zero-order valence-corrected chi connectivity index (χ0v) is 17.6. The topological polar surface area (TPSA) is 119 Å². The van der Waals surface area contributed by atoms with Gasteiger partial charge in [-0.1, -0.05) is 0 Å². The van der Waals surface area contributed by atoms with Crippen molar-refractivity contribution < 1.29 is 18.9 Å². The van der Waals surface area contributed by atoms with Gasteiger partial charge < -0.3 is 29.2 Å². The fourth-order valence-electron chi connectivity index (χ4n) is 4.40. The van der Waals surface area contributed by atoms with E-state index in [9.17, 15) is 0 Å². The van der Waals surface area contributed by atoms with Crippen molar-refractivity contribution in [3.8, 4) is 5.75 Å². The van der Waals surface area contributed by atoms with Crippen LogP contribution in [0.5, 0.6) is 5.75 Å². The average Bonchev–Trinajstić information content (AvgIpc) is 3.44. The van der Waals surface area contributed by atoms with E-state index in [1.165, 1.54) is 6.33 Å². The van der Waals surface area contributed by atoms with Gasteiger partial charge in [0.2, 0.25) is 0 Å². The third kappa shape index (κ3) is 3.15. The highest BCUT2D eigenvalue weighted by molar-refractivity contribution is 5.86. The lowest BCUT2D eigenvalue weighted by Crippen LogP contribution is -2.33. The largest absolute Gasteiger partial charge is 0.489 e. The number of hydrogen-bond acceptors (Lipinski definition) is 9. The molecule has 0 amide bonds. The van der Waals surface area contributed by atoms with Crippen LogP contribution in [0.1, 0.15) is 20.1 Å². The number of nitrogen functional groups attached to an aromatic ring is 1. The van der Waals surface area contributed by atoms with Crippen LogP contribution in [0.4, 0.5) is 5.82 Å². The molecule has 10 heteroatoms. The number of anilines is 1. The van der Waals surface area contributed by atoms with E-state index in [0.29, 0.717) is 17.2 Å². The summed E-state index contributed by atoms with van der Waals surface area (Å²) >= 11 is 0. The Kier molecular flexibility index (Phi) is 4.29. The van der Waals surface area contributed by atoms with Crippen LogP contribution in [0, 0.1) is 0 Å². The van der Waals surface area contributed by atoms with E-state index in [-0.39, 0.29) is 24.9 Å². The molecule has 2 fully saturated rings. The van der Waals surface area contributed by atoms with Crippen molar-refractivity contribution in [2.45, 2.75) is 44.2 Å². The number of ether oxygens (including phenoxy) is 4. The zero-order valence-electron chi connectivity index (χ0n) is 17.6. The fraction of sp³-hybridized carbons (Fsp3) is 0.364. The van der Waals surface area contributed by atoms with Gasteiger partial charge in [0.15, 0.2) is 12.0 Å². The van der Waals surface area contributed by atoms with Crippen LogP contribution < -0.4 is 10.5 Å². The van der Waals surface area contributed by atoms with E-state index in [4.69, 9.17) is 24.7 Å². The minimum atomic E-state index is -0.735. The number of nitrogens with zero attached hydrogens (tertiary/aromatic N) is 5. The van der Waals surface area contributed by atoms with Crippen molar-refractivity contribution in [2.24, 2.45) is 0 Å². The van der Waals surface area contributed by atoms with Gasteiger partial charge in [-0.05, 0) is 32.0 Å². The molecule has 0 aromatic carbocycles. The maximum atomic E-state index is 6.37. The molecule has 2 saturated heterocycles. The average molecular weight is 434 g/mol. The predicted octanol–water partition coefficient (Wildman–Crippen LogP) is 2.45. The quantitative estimate of drug-likeness (QED) is 0.516. The Bertz CT molecular complexity index is 1310. The van der Waals surface area contributed by atoms with Gasteiger partial charge in [-0.15, -0.1) is 0 Å². The molecule has 6 rings (SSSR count). The maximum absolute atomic E-state index is 6.37. The molecule has 0 bridgehead atoms. The molecule has 0 saturated carbocycles. The molecular weight excluding hydrogens is 412 g/mol. The van der Waals surface area contributed by atoms with Crippen LogP contribution >= 0.6 is 0 Å². The second-order valence-electron chi connectivity index (χ2n) is 8.37. The minimum absolute atomic E-state index is 0.271. The lowest BCUT2D eigenvalue weighted by molar-refractivity contribution is -0.198. The Balaban J connectivity index is 1.28. The lowest BCUT2D eigenvalue weighted by Gasteiger charge is -2.25. The third-order valence-electron chi connectivity index (χ3n) is 5.78. The maximum Gasteiger partial charge on any atom is 0.164 e. The first-order chi connectivity index (χ1) is 15.5.